The third kappa shape index (κ3) is 5.85. The molecule has 0 bridgehead atoms. The van der Waals surface area contributed by atoms with Gasteiger partial charge in [0.25, 0.3) is 0 Å². The number of esters is 2. The summed E-state index contributed by atoms with van der Waals surface area (Å²) in [6, 6.07) is 0. The first-order valence-corrected chi connectivity index (χ1v) is 4.14. The molecule has 12 heavy (non-hydrogen) atoms. The number of carbonyl (C=O) groups is 2. The van der Waals surface area contributed by atoms with Crippen molar-refractivity contribution < 1.29 is 14.3 Å². The van der Waals surface area contributed by atoms with Crippen LogP contribution in [0.2, 0.25) is 0 Å². The van der Waals surface area contributed by atoms with Crippen molar-refractivity contribution >= 4 is 11.9 Å². The Balaban J connectivity index is 3.47. The minimum absolute atomic E-state index is 0.228. The van der Waals surface area contributed by atoms with E-state index in [1.165, 1.54) is 0 Å². The van der Waals surface area contributed by atoms with E-state index >= 15 is 0 Å². The van der Waals surface area contributed by atoms with Crippen LogP contribution in [0.1, 0.15) is 32.6 Å². The number of rotatable bonds is 5. The van der Waals surface area contributed by atoms with Gasteiger partial charge < -0.3 is 10.5 Å². The van der Waals surface area contributed by atoms with E-state index in [2.05, 4.69) is 4.74 Å². The predicted molar refractivity (Wildman–Crippen MR) is 44.3 cm³/mol. The van der Waals surface area contributed by atoms with Gasteiger partial charge in [-0.1, -0.05) is 6.92 Å². The van der Waals surface area contributed by atoms with Crippen LogP contribution in [0.25, 0.3) is 0 Å². The third-order valence-corrected chi connectivity index (χ3v) is 1.27. The van der Waals surface area contributed by atoms with Crippen molar-refractivity contribution in [3.8, 4) is 0 Å². The molecular weight excluding hydrogens is 158 g/mol. The highest BCUT2D eigenvalue weighted by Gasteiger charge is 2.07. The Bertz CT molecular complexity index is 156. The van der Waals surface area contributed by atoms with Crippen LogP contribution < -0.4 is 5.73 Å². The van der Waals surface area contributed by atoms with E-state index in [1.807, 2.05) is 6.92 Å². The highest BCUT2D eigenvalue weighted by molar-refractivity contribution is 5.85. The minimum atomic E-state index is -0.473. The lowest BCUT2D eigenvalue weighted by Gasteiger charge is -2.00. The summed E-state index contributed by atoms with van der Waals surface area (Å²) in [6.45, 7) is 2.29. The molecule has 0 aromatic carbocycles. The second-order valence-corrected chi connectivity index (χ2v) is 2.49. The van der Waals surface area contributed by atoms with Crippen LogP contribution in [0.3, 0.4) is 0 Å². The molecule has 0 heterocycles. The van der Waals surface area contributed by atoms with Crippen LogP contribution in [0.4, 0.5) is 0 Å². The quantitative estimate of drug-likeness (QED) is 0.488. The second-order valence-electron chi connectivity index (χ2n) is 2.49. The van der Waals surface area contributed by atoms with Gasteiger partial charge in [0.15, 0.2) is 0 Å². The van der Waals surface area contributed by atoms with Crippen LogP contribution in [0.15, 0.2) is 0 Å². The molecule has 0 atom stereocenters. The zero-order chi connectivity index (χ0) is 9.40. The van der Waals surface area contributed by atoms with Crippen molar-refractivity contribution in [2.24, 2.45) is 5.73 Å². The standard InChI is InChI=1S/C8H15NO3/c1-2-4-7(10)12-8(11)5-3-6-9/h2-6,9H2,1H3. The van der Waals surface area contributed by atoms with Crippen LogP contribution in [0.5, 0.6) is 0 Å². The van der Waals surface area contributed by atoms with Crippen molar-refractivity contribution in [3.63, 3.8) is 0 Å². The lowest BCUT2D eigenvalue weighted by molar-refractivity contribution is -0.159. The molecule has 0 saturated heterocycles. The van der Waals surface area contributed by atoms with Crippen molar-refractivity contribution in [2.75, 3.05) is 6.54 Å². The summed E-state index contributed by atoms with van der Waals surface area (Å²) in [4.78, 5) is 21.5. The van der Waals surface area contributed by atoms with Gasteiger partial charge in [-0.15, -0.1) is 0 Å². The van der Waals surface area contributed by atoms with Crippen molar-refractivity contribution in [1.29, 1.82) is 0 Å². The largest absolute Gasteiger partial charge is 0.393 e. The van der Waals surface area contributed by atoms with Gasteiger partial charge in [0.05, 0.1) is 0 Å². The maximum absolute atomic E-state index is 10.8. The minimum Gasteiger partial charge on any atom is -0.393 e. The zero-order valence-electron chi connectivity index (χ0n) is 7.34. The van der Waals surface area contributed by atoms with Gasteiger partial charge in [-0.3, -0.25) is 9.59 Å². The normalized spacial score (nSPS) is 9.50. The maximum Gasteiger partial charge on any atom is 0.313 e. The van der Waals surface area contributed by atoms with Crippen LogP contribution in [0, 0.1) is 0 Å². The molecule has 0 amide bonds. The Morgan fingerprint density at radius 2 is 1.83 bits per heavy atom. The first kappa shape index (κ1) is 11.1. The summed E-state index contributed by atoms with van der Waals surface area (Å²) >= 11 is 0. The Hall–Kier alpha value is -0.900. The van der Waals surface area contributed by atoms with E-state index in [4.69, 9.17) is 5.73 Å². The molecule has 0 aromatic rings. The van der Waals surface area contributed by atoms with E-state index in [9.17, 15) is 9.59 Å². The fourth-order valence-electron chi connectivity index (χ4n) is 0.680. The molecule has 0 aliphatic heterocycles. The average molecular weight is 173 g/mol. The molecule has 0 saturated carbocycles. The van der Waals surface area contributed by atoms with E-state index in [0.29, 0.717) is 25.8 Å². The maximum atomic E-state index is 10.8. The molecule has 0 unspecified atom stereocenters. The van der Waals surface area contributed by atoms with Crippen LogP contribution in [-0.4, -0.2) is 18.5 Å². The molecule has 0 radical (unpaired) electrons. The van der Waals surface area contributed by atoms with Gasteiger partial charge in [0.2, 0.25) is 0 Å². The highest BCUT2D eigenvalue weighted by Crippen LogP contribution is 1.95. The zero-order valence-corrected chi connectivity index (χ0v) is 7.34. The van der Waals surface area contributed by atoms with Gasteiger partial charge in [-0.2, -0.15) is 0 Å². The second kappa shape index (κ2) is 6.79. The van der Waals surface area contributed by atoms with E-state index < -0.39 is 11.9 Å². The summed E-state index contributed by atoms with van der Waals surface area (Å²) in [5.41, 5.74) is 5.17. The first-order valence-electron chi connectivity index (χ1n) is 4.14. The number of hydrogen-bond donors (Lipinski definition) is 1. The smallest absolute Gasteiger partial charge is 0.313 e. The SMILES string of the molecule is CCCC(=O)OC(=O)CCCN. The average Bonchev–Trinajstić information content (AvgIpc) is 2.01. The molecule has 0 aromatic heterocycles. The fourth-order valence-corrected chi connectivity index (χ4v) is 0.680. The molecule has 70 valence electrons. The molecule has 0 fully saturated rings. The molecular formula is C8H15NO3. The first-order chi connectivity index (χ1) is 5.70. The topological polar surface area (TPSA) is 69.4 Å². The lowest BCUT2D eigenvalue weighted by Crippen LogP contribution is -2.13. The Labute approximate surface area is 72.1 Å². The summed E-state index contributed by atoms with van der Waals surface area (Å²) < 4.78 is 4.46. The lowest BCUT2D eigenvalue weighted by atomic mass is 10.3. The number of carbonyl (C=O) groups excluding carboxylic acids is 2. The third-order valence-electron chi connectivity index (χ3n) is 1.27. The van der Waals surface area contributed by atoms with Crippen LogP contribution in [-0.2, 0) is 14.3 Å². The van der Waals surface area contributed by atoms with Crippen molar-refractivity contribution in [1.82, 2.24) is 0 Å². The summed E-state index contributed by atoms with van der Waals surface area (Å²) in [5, 5.41) is 0. The Morgan fingerprint density at radius 3 is 2.33 bits per heavy atom. The van der Waals surface area contributed by atoms with Gasteiger partial charge in [0, 0.05) is 12.8 Å². The van der Waals surface area contributed by atoms with Crippen molar-refractivity contribution in [3.05, 3.63) is 0 Å². The van der Waals surface area contributed by atoms with Gasteiger partial charge in [-0.05, 0) is 19.4 Å². The van der Waals surface area contributed by atoms with Gasteiger partial charge in [0.1, 0.15) is 0 Å². The summed E-state index contributed by atoms with van der Waals surface area (Å²) in [6.07, 6.45) is 1.79. The monoisotopic (exact) mass is 173 g/mol. The Morgan fingerprint density at radius 1 is 1.25 bits per heavy atom. The summed E-state index contributed by atoms with van der Waals surface area (Å²) in [7, 11) is 0. The number of ether oxygens (including phenoxy) is 1. The highest BCUT2D eigenvalue weighted by atomic mass is 16.6. The van der Waals surface area contributed by atoms with Crippen molar-refractivity contribution in [2.45, 2.75) is 32.6 Å². The predicted octanol–water partition coefficient (Wildman–Crippen LogP) is 0.595. The van der Waals surface area contributed by atoms with Gasteiger partial charge >= 0.3 is 11.9 Å². The number of hydrogen-bond acceptors (Lipinski definition) is 4. The van der Waals surface area contributed by atoms with E-state index in [1.54, 1.807) is 0 Å². The van der Waals surface area contributed by atoms with E-state index in [-0.39, 0.29) is 6.42 Å². The molecule has 0 rings (SSSR count). The van der Waals surface area contributed by atoms with E-state index in [0.717, 1.165) is 0 Å². The molecule has 0 aliphatic rings. The number of nitrogens with two attached hydrogens (primary N) is 1. The summed E-state index contributed by atoms with van der Waals surface area (Å²) in [5.74, 6) is -0.918. The Kier molecular flexibility index (Phi) is 6.28. The molecule has 0 spiro atoms. The molecule has 2 N–H and O–H groups in total. The van der Waals surface area contributed by atoms with Gasteiger partial charge in [-0.25, -0.2) is 0 Å². The van der Waals surface area contributed by atoms with Crippen LogP contribution >= 0.6 is 0 Å². The molecule has 4 nitrogen and oxygen atoms in total. The molecule has 4 heteroatoms. The fraction of sp³-hybridized carbons (Fsp3) is 0.750. The molecule has 0 aliphatic carbocycles.